The normalized spacial score (nSPS) is 15.3. The number of fused-ring (bicyclic) bond motifs is 1. The number of carbonyl (C=O) groups excluding carboxylic acids is 1. The minimum Gasteiger partial charge on any atom is -0.477 e. The molecule has 3 aromatic rings. The van der Waals surface area contributed by atoms with Crippen molar-refractivity contribution in [2.24, 2.45) is 0 Å². The highest BCUT2D eigenvalue weighted by atomic mass is 28.4. The smallest absolute Gasteiger partial charge is 0.341 e. The Labute approximate surface area is 230 Å². The third-order valence-electron chi connectivity index (χ3n) is 7.44. The lowest BCUT2D eigenvalue weighted by molar-refractivity contribution is 0.00952. The van der Waals surface area contributed by atoms with Gasteiger partial charge in [-0.15, -0.1) is 0 Å². The number of aromatic nitrogens is 2. The second kappa shape index (κ2) is 10.4. The lowest BCUT2D eigenvalue weighted by Crippen LogP contribution is -2.42. The number of hydrogen-bond acceptors (Lipinski definition) is 8. The van der Waals surface area contributed by atoms with Crippen LogP contribution in [-0.2, 0) is 14.8 Å². The van der Waals surface area contributed by atoms with Crippen molar-refractivity contribution in [3.8, 4) is 0 Å². The molecule has 1 unspecified atom stereocenters. The van der Waals surface area contributed by atoms with E-state index >= 15 is 0 Å². The van der Waals surface area contributed by atoms with Crippen LogP contribution in [0.15, 0.2) is 54.7 Å². The summed E-state index contributed by atoms with van der Waals surface area (Å²) in [6.07, 6.45) is 1.28. The number of aromatic carboxylic acids is 1. The molecule has 0 saturated carbocycles. The van der Waals surface area contributed by atoms with Crippen LogP contribution in [-0.4, -0.2) is 41.9 Å². The second-order valence-electron chi connectivity index (χ2n) is 11.7. The van der Waals surface area contributed by atoms with Gasteiger partial charge in [-0.05, 0) is 55.7 Å². The fourth-order valence-electron chi connectivity index (χ4n) is 4.06. The van der Waals surface area contributed by atoms with Gasteiger partial charge >= 0.3 is 11.9 Å². The first-order valence-electron chi connectivity index (χ1n) is 12.9. The molecule has 3 N–H and O–H groups in total. The number of carbonyl (C=O) groups is 2. The minimum absolute atomic E-state index is 0.0204. The van der Waals surface area contributed by atoms with E-state index in [1.165, 1.54) is 6.20 Å². The Bertz CT molecular complexity index is 1390. The zero-order chi connectivity index (χ0) is 28.6. The van der Waals surface area contributed by atoms with E-state index in [9.17, 15) is 14.7 Å². The van der Waals surface area contributed by atoms with Crippen LogP contribution >= 0.6 is 0 Å². The molecule has 1 aliphatic rings. The monoisotopic (exact) mass is 548 g/mol. The van der Waals surface area contributed by atoms with E-state index in [0.717, 1.165) is 11.1 Å². The molecule has 0 fully saturated rings. The van der Waals surface area contributed by atoms with Crippen LogP contribution in [0.25, 0.3) is 0 Å². The van der Waals surface area contributed by atoms with Crippen molar-refractivity contribution in [2.75, 3.05) is 17.2 Å². The molecule has 39 heavy (non-hydrogen) atoms. The molecule has 10 heteroatoms. The lowest BCUT2D eigenvalue weighted by atomic mass is 9.95. The highest BCUT2D eigenvalue weighted by Crippen LogP contribution is 2.39. The third kappa shape index (κ3) is 6.12. The highest BCUT2D eigenvalue weighted by Gasteiger charge is 2.39. The molecule has 206 valence electrons. The number of hydrogen-bond donors (Lipinski definition) is 3. The van der Waals surface area contributed by atoms with Crippen molar-refractivity contribution >= 4 is 37.7 Å². The zero-order valence-electron chi connectivity index (χ0n) is 23.5. The third-order valence-corrected chi connectivity index (χ3v) is 11.9. The molecule has 0 amide bonds. The summed E-state index contributed by atoms with van der Waals surface area (Å²) < 4.78 is 12.0. The first-order valence-corrected chi connectivity index (χ1v) is 15.8. The quantitative estimate of drug-likeness (QED) is 0.203. The molecule has 2 heterocycles. The van der Waals surface area contributed by atoms with E-state index in [-0.39, 0.29) is 34.4 Å². The molecule has 0 radical (unpaired) electrons. The summed E-state index contributed by atoms with van der Waals surface area (Å²) in [5.74, 6) is -1.12. The van der Waals surface area contributed by atoms with Gasteiger partial charge in [-0.1, -0.05) is 51.1 Å². The van der Waals surface area contributed by atoms with Gasteiger partial charge in [0.2, 0.25) is 5.95 Å². The van der Waals surface area contributed by atoms with E-state index in [1.807, 2.05) is 50.2 Å². The molecule has 1 atom stereocenters. The first kappa shape index (κ1) is 28.3. The predicted molar refractivity (Wildman–Crippen MR) is 153 cm³/mol. The van der Waals surface area contributed by atoms with Gasteiger partial charge in [-0.2, -0.15) is 4.98 Å². The fraction of sp³-hybridized carbons (Fsp3) is 0.379. The number of ether oxygens (including phenoxy) is 1. The van der Waals surface area contributed by atoms with Crippen molar-refractivity contribution in [1.29, 1.82) is 0 Å². The van der Waals surface area contributed by atoms with Gasteiger partial charge in [0.15, 0.2) is 8.32 Å². The second-order valence-corrected chi connectivity index (χ2v) is 16.5. The van der Waals surface area contributed by atoms with E-state index in [0.29, 0.717) is 17.9 Å². The molecule has 0 saturated heterocycles. The van der Waals surface area contributed by atoms with Gasteiger partial charge in [0, 0.05) is 17.4 Å². The average Bonchev–Trinajstić information content (AvgIpc) is 3.09. The summed E-state index contributed by atoms with van der Waals surface area (Å²) in [7, 11) is -2.08. The number of carboxylic acid groups (broad SMARTS) is 1. The van der Waals surface area contributed by atoms with Crippen molar-refractivity contribution in [1.82, 2.24) is 9.97 Å². The number of esters is 1. The molecular formula is C29H36N4O5Si. The SMILES string of the molecule is CC1(C)OC(=O)c2ccc(Nc3ncc(C(=O)O)c(NC(CO[Si](C)(C)C(C)(C)C)c4ccccc4)n3)cc21. The van der Waals surface area contributed by atoms with Gasteiger partial charge in [-0.3, -0.25) is 0 Å². The molecule has 0 bridgehead atoms. The molecule has 2 aromatic carbocycles. The van der Waals surface area contributed by atoms with Gasteiger partial charge in [0.25, 0.3) is 0 Å². The van der Waals surface area contributed by atoms with Gasteiger partial charge in [0.05, 0.1) is 18.2 Å². The van der Waals surface area contributed by atoms with E-state index in [4.69, 9.17) is 9.16 Å². The standard InChI is InChI=1S/C29H36N4O5Si/c1-28(2,3)39(6,7)37-17-23(18-11-9-8-10-12-18)32-24-21(25(34)35)16-30-27(33-24)31-19-13-14-20-22(15-19)29(4,5)38-26(20)36/h8-16,23H,17H2,1-7H3,(H,34,35)(H2,30,31,32,33). The minimum atomic E-state index is -2.08. The molecule has 9 nitrogen and oxygen atoms in total. The van der Waals surface area contributed by atoms with Crippen LogP contribution in [0.4, 0.5) is 17.5 Å². The number of benzene rings is 2. The number of cyclic esters (lactones) is 1. The number of carboxylic acids is 1. The topological polar surface area (TPSA) is 123 Å². The van der Waals surface area contributed by atoms with Crippen molar-refractivity contribution in [3.63, 3.8) is 0 Å². The van der Waals surface area contributed by atoms with Crippen molar-refractivity contribution < 1.29 is 23.9 Å². The molecule has 0 spiro atoms. The number of rotatable bonds is 9. The molecule has 1 aromatic heterocycles. The Balaban J connectivity index is 1.64. The van der Waals surface area contributed by atoms with Crippen LogP contribution in [0.1, 0.15) is 72.5 Å². The maximum absolute atomic E-state index is 12.1. The Morgan fingerprint density at radius 1 is 1.15 bits per heavy atom. The van der Waals surface area contributed by atoms with Gasteiger partial charge in [-0.25, -0.2) is 14.6 Å². The fourth-order valence-corrected chi connectivity index (χ4v) is 5.07. The highest BCUT2D eigenvalue weighted by molar-refractivity contribution is 6.74. The summed E-state index contributed by atoms with van der Waals surface area (Å²) in [6, 6.07) is 14.7. The first-order chi connectivity index (χ1) is 18.2. The van der Waals surface area contributed by atoms with Crippen LogP contribution < -0.4 is 10.6 Å². The van der Waals surface area contributed by atoms with E-state index < -0.39 is 19.9 Å². The van der Waals surface area contributed by atoms with Crippen LogP contribution in [0.5, 0.6) is 0 Å². The van der Waals surface area contributed by atoms with Crippen LogP contribution in [0, 0.1) is 0 Å². The van der Waals surface area contributed by atoms with Gasteiger partial charge < -0.3 is 24.9 Å². The van der Waals surface area contributed by atoms with Crippen molar-refractivity contribution in [2.45, 2.75) is 64.4 Å². The van der Waals surface area contributed by atoms with E-state index in [1.54, 1.807) is 12.1 Å². The van der Waals surface area contributed by atoms with Crippen molar-refractivity contribution in [3.05, 3.63) is 77.0 Å². The largest absolute Gasteiger partial charge is 0.477 e. The lowest BCUT2D eigenvalue weighted by Gasteiger charge is -2.37. The van der Waals surface area contributed by atoms with Crippen LogP contribution in [0.2, 0.25) is 18.1 Å². The number of nitrogens with one attached hydrogen (secondary N) is 2. The summed E-state index contributed by atoms with van der Waals surface area (Å²) in [4.78, 5) is 33.0. The van der Waals surface area contributed by atoms with E-state index in [2.05, 4.69) is 54.5 Å². The number of anilines is 3. The molecular weight excluding hydrogens is 512 g/mol. The Morgan fingerprint density at radius 3 is 2.49 bits per heavy atom. The maximum atomic E-state index is 12.1. The Kier molecular flexibility index (Phi) is 7.55. The molecule has 1 aliphatic heterocycles. The van der Waals surface area contributed by atoms with Gasteiger partial charge in [0.1, 0.15) is 17.0 Å². The summed E-state index contributed by atoms with van der Waals surface area (Å²) in [6.45, 7) is 14.9. The zero-order valence-corrected chi connectivity index (χ0v) is 24.5. The Morgan fingerprint density at radius 2 is 1.85 bits per heavy atom. The summed E-state index contributed by atoms with van der Waals surface area (Å²) in [5, 5.41) is 16.3. The average molecular weight is 549 g/mol. The predicted octanol–water partition coefficient (Wildman–Crippen LogP) is 6.50. The maximum Gasteiger partial charge on any atom is 0.341 e. The molecule has 4 rings (SSSR count). The number of nitrogens with zero attached hydrogens (tertiary/aromatic N) is 2. The molecule has 0 aliphatic carbocycles. The summed E-state index contributed by atoms with van der Waals surface area (Å²) >= 11 is 0. The van der Waals surface area contributed by atoms with Crippen LogP contribution in [0.3, 0.4) is 0 Å². The summed E-state index contributed by atoms with van der Waals surface area (Å²) in [5.41, 5.74) is 2.06. The Hall–Kier alpha value is -3.76.